The van der Waals surface area contributed by atoms with E-state index in [9.17, 15) is 0 Å². The second kappa shape index (κ2) is 10.2. The molecule has 0 radical (unpaired) electrons. The van der Waals surface area contributed by atoms with Crippen molar-refractivity contribution in [3.05, 3.63) is 59.2 Å². The summed E-state index contributed by atoms with van der Waals surface area (Å²) in [6.07, 6.45) is 1.02. The Hall–Kier alpha value is -2.73. The summed E-state index contributed by atoms with van der Waals surface area (Å²) >= 11 is 0. The molecule has 6 heteroatoms. The average Bonchev–Trinajstić information content (AvgIpc) is 2.77. The molecule has 6 nitrogen and oxygen atoms in total. The predicted molar refractivity (Wildman–Crippen MR) is 118 cm³/mol. The molecule has 1 heterocycles. The van der Waals surface area contributed by atoms with E-state index in [4.69, 9.17) is 9.47 Å². The molecule has 2 N–H and O–H groups in total. The fourth-order valence-electron chi connectivity index (χ4n) is 3.69. The molecular weight excluding hydrogens is 364 g/mol. The molecule has 0 bridgehead atoms. The number of fused-ring (bicyclic) bond motifs is 1. The molecule has 156 valence electrons. The second-order valence-corrected chi connectivity index (χ2v) is 7.28. The van der Waals surface area contributed by atoms with Crippen molar-refractivity contribution in [2.75, 3.05) is 40.9 Å². The number of guanidine groups is 1. The van der Waals surface area contributed by atoms with Gasteiger partial charge in [-0.05, 0) is 42.2 Å². The molecule has 29 heavy (non-hydrogen) atoms. The van der Waals surface area contributed by atoms with Crippen LogP contribution in [0.25, 0.3) is 0 Å². The molecular formula is C23H32N4O2. The molecule has 0 aliphatic carbocycles. The first-order valence-corrected chi connectivity index (χ1v) is 10.1. The number of aliphatic imine (C=N–C) groups is 1. The standard InChI is InChI=1S/C23H32N4O2/c1-17(18-8-6-5-7-9-18)26-23(24-2)25-11-13-27-12-10-19-14-21(28-3)22(29-4)15-20(19)16-27/h5-9,14-15,17H,10-13,16H2,1-4H3,(H2,24,25,26). The van der Waals surface area contributed by atoms with Gasteiger partial charge in [-0.2, -0.15) is 0 Å². The maximum absolute atomic E-state index is 5.46. The molecule has 1 unspecified atom stereocenters. The summed E-state index contributed by atoms with van der Waals surface area (Å²) < 4.78 is 10.9. The Labute approximate surface area is 173 Å². The Kier molecular flexibility index (Phi) is 7.36. The van der Waals surface area contributed by atoms with E-state index in [2.05, 4.69) is 63.8 Å². The Bertz CT molecular complexity index is 823. The smallest absolute Gasteiger partial charge is 0.191 e. The second-order valence-electron chi connectivity index (χ2n) is 7.28. The van der Waals surface area contributed by atoms with E-state index in [1.807, 2.05) is 13.1 Å². The number of hydrogen-bond donors (Lipinski definition) is 2. The van der Waals surface area contributed by atoms with Crippen LogP contribution in [0, 0.1) is 0 Å². The van der Waals surface area contributed by atoms with Crippen molar-refractivity contribution >= 4 is 5.96 Å². The zero-order valence-corrected chi connectivity index (χ0v) is 17.9. The highest BCUT2D eigenvalue weighted by atomic mass is 16.5. The van der Waals surface area contributed by atoms with E-state index in [1.165, 1.54) is 16.7 Å². The van der Waals surface area contributed by atoms with E-state index < -0.39 is 0 Å². The lowest BCUT2D eigenvalue weighted by molar-refractivity contribution is 0.256. The quantitative estimate of drug-likeness (QED) is 0.557. The van der Waals surface area contributed by atoms with E-state index in [0.717, 1.165) is 50.1 Å². The van der Waals surface area contributed by atoms with Crippen LogP contribution < -0.4 is 20.1 Å². The Morgan fingerprint density at radius 2 is 1.79 bits per heavy atom. The highest BCUT2D eigenvalue weighted by molar-refractivity contribution is 5.80. The van der Waals surface area contributed by atoms with Gasteiger partial charge in [0.15, 0.2) is 17.5 Å². The number of methoxy groups -OCH3 is 2. The van der Waals surface area contributed by atoms with Crippen molar-refractivity contribution < 1.29 is 9.47 Å². The van der Waals surface area contributed by atoms with E-state index >= 15 is 0 Å². The van der Waals surface area contributed by atoms with Crippen LogP contribution >= 0.6 is 0 Å². The minimum absolute atomic E-state index is 0.201. The number of hydrogen-bond acceptors (Lipinski definition) is 4. The van der Waals surface area contributed by atoms with Crippen LogP contribution in [0.4, 0.5) is 0 Å². The molecule has 1 aliphatic heterocycles. The summed E-state index contributed by atoms with van der Waals surface area (Å²) in [5.74, 6) is 2.43. The maximum atomic E-state index is 5.46. The highest BCUT2D eigenvalue weighted by Gasteiger charge is 2.19. The third-order valence-electron chi connectivity index (χ3n) is 5.39. The van der Waals surface area contributed by atoms with Gasteiger partial charge in [0.25, 0.3) is 0 Å². The first-order chi connectivity index (χ1) is 14.1. The van der Waals surface area contributed by atoms with Gasteiger partial charge in [-0.25, -0.2) is 0 Å². The van der Waals surface area contributed by atoms with Gasteiger partial charge in [0, 0.05) is 33.2 Å². The molecule has 1 aliphatic rings. The van der Waals surface area contributed by atoms with Crippen molar-refractivity contribution in [2.24, 2.45) is 4.99 Å². The van der Waals surface area contributed by atoms with Crippen LogP contribution in [0.3, 0.4) is 0 Å². The van der Waals surface area contributed by atoms with E-state index in [0.29, 0.717) is 0 Å². The van der Waals surface area contributed by atoms with Crippen LogP contribution in [0.1, 0.15) is 29.7 Å². The fourth-order valence-corrected chi connectivity index (χ4v) is 3.69. The van der Waals surface area contributed by atoms with Gasteiger partial charge < -0.3 is 20.1 Å². The third kappa shape index (κ3) is 5.41. The summed E-state index contributed by atoms with van der Waals surface area (Å²) in [5, 5.41) is 6.89. The van der Waals surface area contributed by atoms with Gasteiger partial charge in [-0.3, -0.25) is 9.89 Å². The Morgan fingerprint density at radius 1 is 1.10 bits per heavy atom. The summed E-state index contributed by atoms with van der Waals surface area (Å²) in [5.41, 5.74) is 3.91. The number of rotatable bonds is 7. The zero-order valence-electron chi connectivity index (χ0n) is 17.9. The monoisotopic (exact) mass is 396 g/mol. The minimum Gasteiger partial charge on any atom is -0.493 e. The molecule has 2 aromatic carbocycles. The first kappa shape index (κ1) is 21.0. The van der Waals surface area contributed by atoms with Gasteiger partial charge >= 0.3 is 0 Å². The molecule has 2 aromatic rings. The number of nitrogens with one attached hydrogen (secondary N) is 2. The number of nitrogens with zero attached hydrogens (tertiary/aromatic N) is 2. The molecule has 0 amide bonds. The van der Waals surface area contributed by atoms with E-state index in [1.54, 1.807) is 14.2 Å². The lowest BCUT2D eigenvalue weighted by atomic mass is 9.99. The summed E-state index contributed by atoms with van der Waals surface area (Å²) in [7, 11) is 5.18. The van der Waals surface area contributed by atoms with Crippen LogP contribution in [0.5, 0.6) is 11.5 Å². The molecule has 0 saturated carbocycles. The van der Waals surface area contributed by atoms with Crippen molar-refractivity contribution in [2.45, 2.75) is 25.9 Å². The maximum Gasteiger partial charge on any atom is 0.191 e. The van der Waals surface area contributed by atoms with E-state index in [-0.39, 0.29) is 6.04 Å². The van der Waals surface area contributed by atoms with Crippen LogP contribution in [-0.2, 0) is 13.0 Å². The molecule has 0 spiro atoms. The highest BCUT2D eigenvalue weighted by Crippen LogP contribution is 2.33. The van der Waals surface area contributed by atoms with Gasteiger partial charge in [0.2, 0.25) is 0 Å². The zero-order chi connectivity index (χ0) is 20.6. The van der Waals surface area contributed by atoms with Gasteiger partial charge in [-0.15, -0.1) is 0 Å². The molecule has 0 fully saturated rings. The molecule has 3 rings (SSSR count). The molecule has 1 atom stereocenters. The predicted octanol–water partition coefficient (Wildman–Crippen LogP) is 2.99. The van der Waals surface area contributed by atoms with Crippen LogP contribution in [-0.4, -0.2) is 51.8 Å². The molecule has 0 saturated heterocycles. The van der Waals surface area contributed by atoms with Gasteiger partial charge in [-0.1, -0.05) is 30.3 Å². The van der Waals surface area contributed by atoms with Crippen molar-refractivity contribution in [3.63, 3.8) is 0 Å². The van der Waals surface area contributed by atoms with Crippen molar-refractivity contribution in [1.82, 2.24) is 15.5 Å². The Morgan fingerprint density at radius 3 is 2.45 bits per heavy atom. The summed E-state index contributed by atoms with van der Waals surface area (Å²) in [6, 6.07) is 14.8. The fraction of sp³-hybridized carbons (Fsp3) is 0.435. The summed E-state index contributed by atoms with van der Waals surface area (Å²) in [4.78, 5) is 6.81. The van der Waals surface area contributed by atoms with Crippen LogP contribution in [0.2, 0.25) is 0 Å². The normalized spacial score (nSPS) is 15.4. The first-order valence-electron chi connectivity index (χ1n) is 10.1. The largest absolute Gasteiger partial charge is 0.493 e. The lowest BCUT2D eigenvalue weighted by Gasteiger charge is -2.30. The Balaban J connectivity index is 1.50. The topological polar surface area (TPSA) is 58.1 Å². The minimum atomic E-state index is 0.201. The average molecular weight is 397 g/mol. The summed E-state index contributed by atoms with van der Waals surface area (Å²) in [6.45, 7) is 5.89. The number of benzene rings is 2. The van der Waals surface area contributed by atoms with Gasteiger partial charge in [0.1, 0.15) is 0 Å². The van der Waals surface area contributed by atoms with Gasteiger partial charge in [0.05, 0.1) is 20.3 Å². The van der Waals surface area contributed by atoms with Crippen molar-refractivity contribution in [3.8, 4) is 11.5 Å². The van der Waals surface area contributed by atoms with Crippen molar-refractivity contribution in [1.29, 1.82) is 0 Å². The molecule has 0 aromatic heterocycles. The lowest BCUT2D eigenvalue weighted by Crippen LogP contribution is -2.43. The van der Waals surface area contributed by atoms with Crippen LogP contribution in [0.15, 0.2) is 47.5 Å². The SMILES string of the molecule is CN=C(NCCN1CCc2cc(OC)c(OC)cc2C1)NC(C)c1ccccc1. The number of ether oxygens (including phenoxy) is 2. The third-order valence-corrected chi connectivity index (χ3v) is 5.39.